The fraction of sp³-hybridized carbons (Fsp3) is 0.500. The maximum Gasteiger partial charge on any atom is 0.0692 e. The number of benzene rings is 1. The molecule has 1 aromatic heterocycles. The Morgan fingerprint density at radius 3 is 2.95 bits per heavy atom. The molecule has 1 N–H and O–H groups in total. The average Bonchev–Trinajstić information content (AvgIpc) is 3.02. The second-order valence-electron chi connectivity index (χ2n) is 5.68. The zero-order valence-corrected chi connectivity index (χ0v) is 12.4. The van der Waals surface area contributed by atoms with Crippen molar-refractivity contribution < 1.29 is 0 Å². The first-order chi connectivity index (χ1) is 10.4. The van der Waals surface area contributed by atoms with Crippen LogP contribution in [0.25, 0.3) is 0 Å². The van der Waals surface area contributed by atoms with Gasteiger partial charge in [0.1, 0.15) is 0 Å². The largest absolute Gasteiger partial charge is 0.311 e. The molecule has 0 saturated carbocycles. The summed E-state index contributed by atoms with van der Waals surface area (Å²) in [6.45, 7) is 5.23. The maximum absolute atomic E-state index is 3.99. The summed E-state index contributed by atoms with van der Waals surface area (Å²) in [7, 11) is 0. The van der Waals surface area contributed by atoms with Crippen molar-refractivity contribution in [1.29, 1.82) is 0 Å². The van der Waals surface area contributed by atoms with Gasteiger partial charge in [-0.3, -0.25) is 9.58 Å². The van der Waals surface area contributed by atoms with Gasteiger partial charge in [0, 0.05) is 31.9 Å². The minimum atomic E-state index is 0.589. The van der Waals surface area contributed by atoms with Crippen molar-refractivity contribution in [3.05, 3.63) is 48.3 Å². The number of aromatic nitrogens is 3. The van der Waals surface area contributed by atoms with Crippen molar-refractivity contribution in [1.82, 2.24) is 25.2 Å². The van der Waals surface area contributed by atoms with Crippen molar-refractivity contribution >= 4 is 0 Å². The molecule has 0 radical (unpaired) electrons. The first-order valence-corrected chi connectivity index (χ1v) is 7.74. The third kappa shape index (κ3) is 4.37. The molecule has 5 nitrogen and oxygen atoms in total. The van der Waals surface area contributed by atoms with Crippen LogP contribution >= 0.6 is 0 Å². The van der Waals surface area contributed by atoms with Gasteiger partial charge >= 0.3 is 0 Å². The van der Waals surface area contributed by atoms with Crippen LogP contribution in [0.1, 0.15) is 18.4 Å². The van der Waals surface area contributed by atoms with Gasteiger partial charge in [0.25, 0.3) is 0 Å². The number of likely N-dealkylation sites (tertiary alicyclic amines) is 1. The monoisotopic (exact) mass is 285 g/mol. The molecule has 2 aromatic rings. The third-order valence-corrected chi connectivity index (χ3v) is 4.00. The normalized spacial score (nSPS) is 19.7. The molecule has 0 spiro atoms. The van der Waals surface area contributed by atoms with Gasteiger partial charge in [-0.2, -0.15) is 0 Å². The highest BCUT2D eigenvalue weighted by molar-refractivity contribution is 5.14. The van der Waals surface area contributed by atoms with E-state index in [9.17, 15) is 0 Å². The van der Waals surface area contributed by atoms with Crippen LogP contribution in [0.4, 0.5) is 0 Å². The van der Waals surface area contributed by atoms with E-state index in [0.29, 0.717) is 6.04 Å². The van der Waals surface area contributed by atoms with Crippen LogP contribution in [0.2, 0.25) is 0 Å². The van der Waals surface area contributed by atoms with Crippen molar-refractivity contribution in [3.63, 3.8) is 0 Å². The fourth-order valence-corrected chi connectivity index (χ4v) is 2.94. The van der Waals surface area contributed by atoms with Gasteiger partial charge in [-0.25, -0.2) is 0 Å². The van der Waals surface area contributed by atoms with Gasteiger partial charge in [0.15, 0.2) is 0 Å². The first kappa shape index (κ1) is 14.2. The predicted molar refractivity (Wildman–Crippen MR) is 82.8 cm³/mol. The zero-order chi connectivity index (χ0) is 14.3. The van der Waals surface area contributed by atoms with Crippen molar-refractivity contribution in [3.8, 4) is 0 Å². The Bertz CT molecular complexity index is 511. The lowest BCUT2D eigenvalue weighted by Crippen LogP contribution is -2.46. The lowest BCUT2D eigenvalue weighted by atomic mass is 10.0. The molecule has 1 saturated heterocycles. The van der Waals surface area contributed by atoms with Crippen LogP contribution in [-0.4, -0.2) is 45.6 Å². The Hall–Kier alpha value is -1.72. The number of nitrogens with zero attached hydrogens (tertiary/aromatic N) is 4. The molecule has 0 aliphatic carbocycles. The first-order valence-electron chi connectivity index (χ1n) is 7.74. The summed E-state index contributed by atoms with van der Waals surface area (Å²) in [4.78, 5) is 2.55. The minimum Gasteiger partial charge on any atom is -0.311 e. The van der Waals surface area contributed by atoms with E-state index in [1.54, 1.807) is 6.20 Å². The standard InChI is InChI=1S/C16H23N5/c1-2-5-15(6-3-1)13-20-10-4-7-16(14-20)17-8-11-21-12-9-18-19-21/h1-3,5-6,9,12,16-17H,4,7-8,10-11,13-14H2. The molecule has 0 bridgehead atoms. The van der Waals surface area contributed by atoms with Crippen LogP contribution in [0.3, 0.4) is 0 Å². The van der Waals surface area contributed by atoms with E-state index in [4.69, 9.17) is 0 Å². The molecule has 1 fully saturated rings. The van der Waals surface area contributed by atoms with Gasteiger partial charge in [0.05, 0.1) is 12.7 Å². The minimum absolute atomic E-state index is 0.589. The SMILES string of the molecule is c1ccc(CN2CCCC(NCCn3ccnn3)C2)cc1. The van der Waals surface area contributed by atoms with Crippen LogP contribution in [-0.2, 0) is 13.1 Å². The molecule has 112 valence electrons. The number of nitrogens with one attached hydrogen (secondary N) is 1. The Balaban J connectivity index is 1.42. The zero-order valence-electron chi connectivity index (χ0n) is 12.4. The Kier molecular flexibility index (Phi) is 4.97. The smallest absolute Gasteiger partial charge is 0.0692 e. The summed E-state index contributed by atoms with van der Waals surface area (Å²) in [6.07, 6.45) is 6.17. The lowest BCUT2D eigenvalue weighted by Gasteiger charge is -2.33. The molecular formula is C16H23N5. The molecule has 21 heavy (non-hydrogen) atoms. The number of piperidine rings is 1. The van der Waals surface area contributed by atoms with Crippen LogP contribution < -0.4 is 5.32 Å². The summed E-state index contributed by atoms with van der Waals surface area (Å²) in [5.41, 5.74) is 1.40. The Morgan fingerprint density at radius 2 is 2.14 bits per heavy atom. The highest BCUT2D eigenvalue weighted by Crippen LogP contribution is 2.13. The van der Waals surface area contributed by atoms with Crippen molar-refractivity contribution in [2.45, 2.75) is 32.0 Å². The molecule has 0 amide bonds. The Morgan fingerprint density at radius 1 is 1.24 bits per heavy atom. The topological polar surface area (TPSA) is 46.0 Å². The van der Waals surface area contributed by atoms with E-state index in [2.05, 4.69) is 50.9 Å². The van der Waals surface area contributed by atoms with Gasteiger partial charge in [-0.15, -0.1) is 5.10 Å². The van der Waals surface area contributed by atoms with Crippen LogP contribution in [0.15, 0.2) is 42.7 Å². The summed E-state index contributed by atoms with van der Waals surface area (Å²) in [5.74, 6) is 0. The third-order valence-electron chi connectivity index (χ3n) is 4.00. The van der Waals surface area contributed by atoms with Gasteiger partial charge in [-0.1, -0.05) is 35.5 Å². The molecule has 2 heterocycles. The van der Waals surface area contributed by atoms with Gasteiger partial charge in [-0.05, 0) is 24.9 Å². The summed E-state index contributed by atoms with van der Waals surface area (Å²) in [6, 6.07) is 11.3. The van der Waals surface area contributed by atoms with Crippen LogP contribution in [0, 0.1) is 0 Å². The van der Waals surface area contributed by atoms with Gasteiger partial charge < -0.3 is 5.32 Å². The van der Waals surface area contributed by atoms with E-state index in [1.165, 1.54) is 24.9 Å². The molecule has 3 rings (SSSR count). The maximum atomic E-state index is 3.99. The quantitative estimate of drug-likeness (QED) is 0.874. The van der Waals surface area contributed by atoms with E-state index in [0.717, 1.165) is 26.2 Å². The fourth-order valence-electron chi connectivity index (χ4n) is 2.94. The molecule has 1 atom stereocenters. The number of hydrogen-bond donors (Lipinski definition) is 1. The van der Waals surface area contributed by atoms with E-state index in [-0.39, 0.29) is 0 Å². The summed E-state index contributed by atoms with van der Waals surface area (Å²) in [5, 5.41) is 11.5. The lowest BCUT2D eigenvalue weighted by molar-refractivity contribution is 0.182. The number of hydrogen-bond acceptors (Lipinski definition) is 4. The molecule has 1 aromatic carbocycles. The molecule has 1 aliphatic heterocycles. The van der Waals surface area contributed by atoms with Crippen LogP contribution in [0.5, 0.6) is 0 Å². The highest BCUT2D eigenvalue weighted by atomic mass is 15.4. The van der Waals surface area contributed by atoms with Crippen molar-refractivity contribution in [2.24, 2.45) is 0 Å². The van der Waals surface area contributed by atoms with Gasteiger partial charge in [0.2, 0.25) is 0 Å². The number of rotatable bonds is 6. The highest BCUT2D eigenvalue weighted by Gasteiger charge is 2.19. The second-order valence-corrected chi connectivity index (χ2v) is 5.68. The molecule has 1 aliphatic rings. The molecular weight excluding hydrogens is 262 g/mol. The van der Waals surface area contributed by atoms with E-state index in [1.807, 2.05) is 10.9 Å². The average molecular weight is 285 g/mol. The second kappa shape index (κ2) is 7.33. The summed E-state index contributed by atoms with van der Waals surface area (Å²) < 4.78 is 1.87. The van der Waals surface area contributed by atoms with Crippen molar-refractivity contribution in [2.75, 3.05) is 19.6 Å². The summed E-state index contributed by atoms with van der Waals surface area (Å²) >= 11 is 0. The van der Waals surface area contributed by atoms with E-state index < -0.39 is 0 Å². The molecule has 1 unspecified atom stereocenters. The molecule has 5 heteroatoms. The predicted octanol–water partition coefficient (Wildman–Crippen LogP) is 1.53. The van der Waals surface area contributed by atoms with E-state index >= 15 is 0 Å². The Labute approximate surface area is 126 Å².